The van der Waals surface area contributed by atoms with Crippen molar-refractivity contribution in [2.75, 3.05) is 63.2 Å². The van der Waals surface area contributed by atoms with Crippen LogP contribution in [0.5, 0.6) is 0 Å². The fraction of sp³-hybridized carbons (Fsp3) is 0.464. The molecule has 2 fully saturated rings. The van der Waals surface area contributed by atoms with Crippen molar-refractivity contribution < 1.29 is 9.90 Å². The molecule has 2 saturated heterocycles. The molecule has 3 aliphatic heterocycles. The SMILES string of the molecule is CN(C)[C@H]1CCN(c2nc3c(c(C4CNCCN4C(=O)O)n2)CCN(c2cccc4ccccc24)C3)C1. The van der Waals surface area contributed by atoms with Gasteiger partial charge in [0.2, 0.25) is 5.95 Å². The number of amides is 1. The van der Waals surface area contributed by atoms with Crippen LogP contribution in [0.4, 0.5) is 16.4 Å². The summed E-state index contributed by atoms with van der Waals surface area (Å²) in [5.41, 5.74) is 4.22. The van der Waals surface area contributed by atoms with Gasteiger partial charge in [-0.3, -0.25) is 4.90 Å². The Morgan fingerprint density at radius 3 is 2.70 bits per heavy atom. The second-order valence-electron chi connectivity index (χ2n) is 10.6. The fourth-order valence-corrected chi connectivity index (χ4v) is 6.08. The highest BCUT2D eigenvalue weighted by Gasteiger charge is 2.35. The Bertz CT molecular complexity index is 1310. The molecule has 0 radical (unpaired) electrons. The second kappa shape index (κ2) is 9.79. The number of nitrogens with zero attached hydrogens (tertiary/aromatic N) is 6. The van der Waals surface area contributed by atoms with Crippen LogP contribution < -0.4 is 15.1 Å². The molecule has 0 spiro atoms. The first kappa shape index (κ1) is 23.9. The van der Waals surface area contributed by atoms with Gasteiger partial charge in [-0.15, -0.1) is 0 Å². The highest BCUT2D eigenvalue weighted by Crippen LogP contribution is 2.35. The Kier molecular flexibility index (Phi) is 6.34. The molecule has 1 aromatic heterocycles. The lowest BCUT2D eigenvalue weighted by Gasteiger charge is -2.38. The molecule has 2 aromatic carbocycles. The summed E-state index contributed by atoms with van der Waals surface area (Å²) in [6.07, 6.45) is 0.970. The predicted octanol–water partition coefficient (Wildman–Crippen LogP) is 2.96. The van der Waals surface area contributed by atoms with E-state index in [0.29, 0.717) is 32.2 Å². The standard InChI is InChI=1S/C28H35N7O2/c1-32(2)20-10-13-34(17-20)27-30-23-18-33(24-9-5-7-19-6-3-4-8-21(19)24)14-11-22(23)26(31-27)25-16-29-12-15-35(25)28(36)37/h3-9,20,25,29H,10-18H2,1-2H3,(H,36,37)/t20-,25?/m0/s1. The topological polar surface area (TPSA) is 88.1 Å². The van der Waals surface area contributed by atoms with Crippen molar-refractivity contribution in [1.29, 1.82) is 0 Å². The molecule has 37 heavy (non-hydrogen) atoms. The number of nitrogens with one attached hydrogen (secondary N) is 1. The Morgan fingerprint density at radius 1 is 1.05 bits per heavy atom. The number of rotatable bonds is 4. The van der Waals surface area contributed by atoms with Crippen LogP contribution in [0, 0.1) is 0 Å². The van der Waals surface area contributed by atoms with Crippen LogP contribution in [0.1, 0.15) is 29.4 Å². The van der Waals surface area contributed by atoms with Crippen LogP contribution in [0.25, 0.3) is 10.8 Å². The van der Waals surface area contributed by atoms with E-state index in [2.05, 4.69) is 76.6 Å². The summed E-state index contributed by atoms with van der Waals surface area (Å²) < 4.78 is 0. The zero-order chi connectivity index (χ0) is 25.5. The third-order valence-electron chi connectivity index (χ3n) is 8.17. The summed E-state index contributed by atoms with van der Waals surface area (Å²) >= 11 is 0. The Hall–Kier alpha value is -3.43. The van der Waals surface area contributed by atoms with Gasteiger partial charge >= 0.3 is 6.09 Å². The lowest BCUT2D eigenvalue weighted by molar-refractivity contribution is 0.110. The molecule has 194 valence electrons. The molecule has 9 nitrogen and oxygen atoms in total. The van der Waals surface area contributed by atoms with Crippen molar-refractivity contribution in [3.05, 3.63) is 59.4 Å². The predicted molar refractivity (Wildman–Crippen MR) is 145 cm³/mol. The molecule has 0 bridgehead atoms. The zero-order valence-corrected chi connectivity index (χ0v) is 21.6. The third-order valence-corrected chi connectivity index (χ3v) is 8.17. The second-order valence-corrected chi connectivity index (χ2v) is 10.6. The van der Waals surface area contributed by atoms with Crippen LogP contribution in [-0.2, 0) is 13.0 Å². The molecule has 3 aliphatic rings. The van der Waals surface area contributed by atoms with E-state index >= 15 is 0 Å². The van der Waals surface area contributed by atoms with Crippen molar-refractivity contribution >= 4 is 28.5 Å². The van der Waals surface area contributed by atoms with E-state index in [-0.39, 0.29) is 6.04 Å². The highest BCUT2D eigenvalue weighted by atomic mass is 16.4. The van der Waals surface area contributed by atoms with Gasteiger partial charge in [-0.25, -0.2) is 14.8 Å². The van der Waals surface area contributed by atoms with Crippen LogP contribution in [-0.4, -0.2) is 90.4 Å². The first-order valence-electron chi connectivity index (χ1n) is 13.2. The summed E-state index contributed by atoms with van der Waals surface area (Å²) in [5.74, 6) is 0.730. The minimum Gasteiger partial charge on any atom is -0.465 e. The van der Waals surface area contributed by atoms with Crippen LogP contribution in [0.3, 0.4) is 0 Å². The average molecular weight is 502 g/mol. The smallest absolute Gasteiger partial charge is 0.407 e. The Balaban J connectivity index is 1.41. The molecule has 1 unspecified atom stereocenters. The summed E-state index contributed by atoms with van der Waals surface area (Å²) in [5, 5.41) is 15.8. The van der Waals surface area contributed by atoms with E-state index in [1.165, 1.54) is 16.5 Å². The van der Waals surface area contributed by atoms with E-state index in [9.17, 15) is 9.90 Å². The van der Waals surface area contributed by atoms with E-state index in [0.717, 1.165) is 55.4 Å². The zero-order valence-electron chi connectivity index (χ0n) is 21.6. The van der Waals surface area contributed by atoms with E-state index in [1.54, 1.807) is 4.90 Å². The molecular formula is C28H35N7O2. The van der Waals surface area contributed by atoms with Crippen LogP contribution in [0.15, 0.2) is 42.5 Å². The molecule has 1 amide bonds. The molecule has 9 heteroatoms. The Labute approximate surface area is 217 Å². The van der Waals surface area contributed by atoms with Crippen LogP contribution >= 0.6 is 0 Å². The number of aromatic nitrogens is 2. The maximum absolute atomic E-state index is 12.2. The van der Waals surface area contributed by atoms with Gasteiger partial charge < -0.3 is 25.1 Å². The van der Waals surface area contributed by atoms with Crippen molar-refractivity contribution in [3.8, 4) is 0 Å². The Morgan fingerprint density at radius 2 is 1.89 bits per heavy atom. The van der Waals surface area contributed by atoms with Crippen LogP contribution in [0.2, 0.25) is 0 Å². The number of benzene rings is 2. The molecule has 3 aromatic rings. The lowest BCUT2D eigenvalue weighted by atomic mass is 9.96. The van der Waals surface area contributed by atoms with Crippen molar-refractivity contribution in [3.63, 3.8) is 0 Å². The molecule has 2 N–H and O–H groups in total. The lowest BCUT2D eigenvalue weighted by Crippen LogP contribution is -2.49. The van der Waals surface area contributed by atoms with E-state index < -0.39 is 6.09 Å². The summed E-state index contributed by atoms with van der Waals surface area (Å²) in [4.78, 5) is 30.9. The molecule has 0 saturated carbocycles. The number of piperazine rings is 1. The van der Waals surface area contributed by atoms with Gasteiger partial charge in [0.25, 0.3) is 0 Å². The minimum atomic E-state index is -0.887. The van der Waals surface area contributed by atoms with E-state index in [4.69, 9.17) is 9.97 Å². The van der Waals surface area contributed by atoms with Crippen molar-refractivity contribution in [2.45, 2.75) is 31.5 Å². The van der Waals surface area contributed by atoms with Gasteiger partial charge in [0.1, 0.15) is 0 Å². The number of likely N-dealkylation sites (N-methyl/N-ethyl adjacent to an activating group) is 1. The number of carboxylic acid groups (broad SMARTS) is 1. The van der Waals surface area contributed by atoms with Gasteiger partial charge in [-0.05, 0) is 38.4 Å². The number of hydrogen-bond donors (Lipinski definition) is 2. The molecule has 2 atom stereocenters. The van der Waals surface area contributed by atoms with Gasteiger partial charge in [-0.1, -0.05) is 36.4 Å². The van der Waals surface area contributed by atoms with Crippen molar-refractivity contribution in [1.82, 2.24) is 25.1 Å². The fourth-order valence-electron chi connectivity index (χ4n) is 6.08. The first-order valence-corrected chi connectivity index (χ1v) is 13.2. The highest BCUT2D eigenvalue weighted by molar-refractivity contribution is 5.94. The summed E-state index contributed by atoms with van der Waals surface area (Å²) in [6, 6.07) is 15.1. The number of carbonyl (C=O) groups is 1. The monoisotopic (exact) mass is 501 g/mol. The number of fused-ring (bicyclic) bond motifs is 2. The summed E-state index contributed by atoms with van der Waals surface area (Å²) in [7, 11) is 4.24. The maximum atomic E-state index is 12.2. The van der Waals surface area contributed by atoms with Gasteiger partial charge in [0.15, 0.2) is 0 Å². The molecule has 0 aliphatic carbocycles. The van der Waals surface area contributed by atoms with Gasteiger partial charge in [0.05, 0.1) is 24.0 Å². The minimum absolute atomic E-state index is 0.307. The quantitative estimate of drug-likeness (QED) is 0.564. The van der Waals surface area contributed by atoms with Crippen molar-refractivity contribution in [2.24, 2.45) is 0 Å². The molecular weight excluding hydrogens is 466 g/mol. The van der Waals surface area contributed by atoms with Gasteiger partial charge in [-0.2, -0.15) is 0 Å². The normalized spacial score (nSPS) is 22.1. The van der Waals surface area contributed by atoms with Gasteiger partial charge in [0, 0.05) is 61.9 Å². The third kappa shape index (κ3) is 4.46. The summed E-state index contributed by atoms with van der Waals surface area (Å²) in [6.45, 7) is 5.00. The molecule has 6 rings (SSSR count). The number of hydrogen-bond acceptors (Lipinski definition) is 7. The maximum Gasteiger partial charge on any atom is 0.407 e. The van der Waals surface area contributed by atoms with E-state index in [1.807, 2.05) is 0 Å². The molecule has 4 heterocycles. The average Bonchev–Trinajstić information content (AvgIpc) is 3.43. The largest absolute Gasteiger partial charge is 0.465 e. The first-order chi connectivity index (χ1) is 18.0. The number of anilines is 2.